The number of H-pyrrole nitrogens is 1. The lowest BCUT2D eigenvalue weighted by Gasteiger charge is -2.43. The summed E-state index contributed by atoms with van der Waals surface area (Å²) in [7, 11) is 0. The van der Waals surface area contributed by atoms with Gasteiger partial charge in [0.25, 0.3) is 0 Å². The molecule has 1 aliphatic rings. The Labute approximate surface area is 159 Å². The topological polar surface area (TPSA) is 212 Å². The van der Waals surface area contributed by atoms with E-state index < -0.39 is 55.2 Å². The monoisotopic (exact) mass is 397 g/mol. The highest BCUT2D eigenvalue weighted by Crippen LogP contribution is 2.24. The van der Waals surface area contributed by atoms with Gasteiger partial charge in [0.1, 0.15) is 36.2 Å². The SMILES string of the molecule is C[C@H](O)[C@@H](N)C(=O)N[C@@H]1[C@@H](O)[C@H](O)[C@@H](Nc2ncnc3nc[nH]c23)O[C@H]1CO. The van der Waals surface area contributed by atoms with Gasteiger partial charge in [0.2, 0.25) is 5.91 Å². The first-order valence-electron chi connectivity index (χ1n) is 8.60. The normalized spacial score (nSPS) is 30.0. The van der Waals surface area contributed by atoms with Gasteiger partial charge in [-0.2, -0.15) is 0 Å². The molecule has 7 atom stereocenters. The number of hydrogen-bond donors (Lipinski definition) is 8. The third kappa shape index (κ3) is 3.89. The maximum atomic E-state index is 12.1. The van der Waals surface area contributed by atoms with Crippen molar-refractivity contribution in [3.8, 4) is 0 Å². The number of aromatic amines is 1. The van der Waals surface area contributed by atoms with Crippen molar-refractivity contribution in [1.82, 2.24) is 25.3 Å². The van der Waals surface area contributed by atoms with Crippen LogP contribution in [0.25, 0.3) is 11.2 Å². The van der Waals surface area contributed by atoms with Crippen molar-refractivity contribution in [3.63, 3.8) is 0 Å². The van der Waals surface area contributed by atoms with E-state index in [1.54, 1.807) is 0 Å². The number of carbonyl (C=O) groups is 1. The summed E-state index contributed by atoms with van der Waals surface area (Å²) in [6, 6.07) is -2.39. The van der Waals surface area contributed by atoms with Crippen molar-refractivity contribution < 1.29 is 30.0 Å². The number of nitrogens with one attached hydrogen (secondary N) is 3. The molecule has 0 unspecified atom stereocenters. The van der Waals surface area contributed by atoms with Gasteiger partial charge in [-0.15, -0.1) is 0 Å². The van der Waals surface area contributed by atoms with E-state index in [9.17, 15) is 25.2 Å². The fourth-order valence-electron chi connectivity index (χ4n) is 2.91. The van der Waals surface area contributed by atoms with E-state index in [2.05, 4.69) is 30.6 Å². The number of aliphatic hydroxyl groups excluding tert-OH is 4. The molecular weight excluding hydrogens is 374 g/mol. The summed E-state index contributed by atoms with van der Waals surface area (Å²) in [5.41, 5.74) is 6.42. The Kier molecular flexibility index (Phi) is 6.02. The van der Waals surface area contributed by atoms with Crippen LogP contribution < -0.4 is 16.4 Å². The number of nitrogens with zero attached hydrogens (tertiary/aromatic N) is 3. The number of aromatic nitrogens is 4. The number of nitrogens with two attached hydrogens (primary N) is 1. The highest BCUT2D eigenvalue weighted by Gasteiger charge is 2.45. The summed E-state index contributed by atoms with van der Waals surface area (Å²) in [6.07, 6.45) is -3.61. The zero-order chi connectivity index (χ0) is 20.4. The zero-order valence-corrected chi connectivity index (χ0v) is 14.9. The highest BCUT2D eigenvalue weighted by atomic mass is 16.5. The van der Waals surface area contributed by atoms with Crippen LogP contribution in [0, 0.1) is 0 Å². The maximum Gasteiger partial charge on any atom is 0.239 e. The van der Waals surface area contributed by atoms with Crippen molar-refractivity contribution in [1.29, 1.82) is 0 Å². The van der Waals surface area contributed by atoms with E-state index in [1.807, 2.05) is 0 Å². The second-order valence-corrected chi connectivity index (χ2v) is 6.53. The van der Waals surface area contributed by atoms with Gasteiger partial charge >= 0.3 is 0 Å². The lowest BCUT2D eigenvalue weighted by Crippen LogP contribution is -2.67. The number of hydrogen-bond acceptors (Lipinski definition) is 11. The van der Waals surface area contributed by atoms with Gasteiger partial charge in [0, 0.05) is 0 Å². The van der Waals surface area contributed by atoms with E-state index >= 15 is 0 Å². The van der Waals surface area contributed by atoms with E-state index in [4.69, 9.17) is 10.5 Å². The van der Waals surface area contributed by atoms with Crippen LogP contribution in [0.4, 0.5) is 5.82 Å². The quantitative estimate of drug-likeness (QED) is 0.238. The first-order valence-corrected chi connectivity index (χ1v) is 8.60. The van der Waals surface area contributed by atoms with Crippen LogP contribution in [0.2, 0.25) is 0 Å². The minimum atomic E-state index is -1.49. The lowest BCUT2D eigenvalue weighted by atomic mass is 9.95. The molecule has 2 aromatic rings. The Balaban J connectivity index is 1.75. The zero-order valence-electron chi connectivity index (χ0n) is 14.9. The van der Waals surface area contributed by atoms with Crippen molar-refractivity contribution in [2.45, 2.75) is 49.7 Å². The lowest BCUT2D eigenvalue weighted by molar-refractivity contribution is -0.185. The Bertz CT molecular complexity index is 815. The summed E-state index contributed by atoms with van der Waals surface area (Å²) in [5, 5.41) is 45.2. The third-order valence-corrected chi connectivity index (χ3v) is 4.56. The number of anilines is 1. The smallest absolute Gasteiger partial charge is 0.239 e. The molecule has 3 heterocycles. The van der Waals surface area contributed by atoms with Crippen LogP contribution in [-0.4, -0.2) is 95.6 Å². The molecule has 0 aromatic carbocycles. The van der Waals surface area contributed by atoms with Crippen LogP contribution in [0.1, 0.15) is 6.92 Å². The average molecular weight is 397 g/mol. The van der Waals surface area contributed by atoms with Gasteiger partial charge in [-0.05, 0) is 6.92 Å². The van der Waals surface area contributed by atoms with Crippen molar-refractivity contribution >= 4 is 22.9 Å². The predicted molar refractivity (Wildman–Crippen MR) is 94.7 cm³/mol. The number of fused-ring (bicyclic) bond motifs is 1. The first-order chi connectivity index (χ1) is 13.3. The molecule has 2 aromatic heterocycles. The molecule has 1 saturated heterocycles. The Morgan fingerprint density at radius 2 is 2.11 bits per heavy atom. The van der Waals surface area contributed by atoms with Crippen LogP contribution >= 0.6 is 0 Å². The molecule has 1 fully saturated rings. The maximum absolute atomic E-state index is 12.1. The Morgan fingerprint density at radius 3 is 2.79 bits per heavy atom. The molecule has 0 spiro atoms. The largest absolute Gasteiger partial charge is 0.394 e. The molecule has 9 N–H and O–H groups in total. The number of rotatable bonds is 6. The van der Waals surface area contributed by atoms with Crippen LogP contribution in [0.5, 0.6) is 0 Å². The van der Waals surface area contributed by atoms with E-state index in [0.29, 0.717) is 11.2 Å². The molecule has 1 amide bonds. The van der Waals surface area contributed by atoms with Gasteiger partial charge in [-0.1, -0.05) is 0 Å². The molecular formula is C15H23N7O6. The van der Waals surface area contributed by atoms with E-state index in [-0.39, 0.29) is 5.82 Å². The molecule has 0 saturated carbocycles. The van der Waals surface area contributed by atoms with Gasteiger partial charge in [-0.25, -0.2) is 15.0 Å². The second kappa shape index (κ2) is 8.30. The predicted octanol–water partition coefficient (Wildman–Crippen LogP) is -3.60. The first kappa shape index (κ1) is 20.3. The van der Waals surface area contributed by atoms with E-state index in [0.717, 1.165) is 0 Å². The summed E-state index contributed by atoms with van der Waals surface area (Å²) in [5.74, 6) is -0.483. The number of imidazole rings is 1. The summed E-state index contributed by atoms with van der Waals surface area (Å²) in [4.78, 5) is 26.9. The molecule has 1 aliphatic heterocycles. The van der Waals surface area contributed by atoms with Crippen LogP contribution in [-0.2, 0) is 9.53 Å². The molecule has 0 radical (unpaired) electrons. The Hall–Kier alpha value is -2.42. The standard InChI is InChI=1S/C15H23N7O6/c1-5(24)7(16)14(27)21-8-6(2-23)28-15(11(26)10(8)25)22-13-9-12(18-3-17-9)19-4-20-13/h3-8,10-11,15,23-26H,2,16H2,1H3,(H,21,27)(H2,17,18,19,20,22)/t5-,6-,7+,8-,10+,11-,15-/m0/s1. The summed E-state index contributed by atoms with van der Waals surface area (Å²) in [6.45, 7) is 0.786. The van der Waals surface area contributed by atoms with Crippen LogP contribution in [0.15, 0.2) is 12.7 Å². The van der Waals surface area contributed by atoms with Crippen molar-refractivity contribution in [3.05, 3.63) is 12.7 Å². The van der Waals surface area contributed by atoms with E-state index in [1.165, 1.54) is 19.6 Å². The number of ether oxygens (including phenoxy) is 1. The fourth-order valence-corrected chi connectivity index (χ4v) is 2.91. The summed E-state index contributed by atoms with van der Waals surface area (Å²) < 4.78 is 5.62. The second-order valence-electron chi connectivity index (χ2n) is 6.53. The number of aliphatic hydroxyl groups is 4. The Morgan fingerprint density at radius 1 is 1.36 bits per heavy atom. The van der Waals surface area contributed by atoms with Gasteiger partial charge < -0.3 is 46.5 Å². The van der Waals surface area contributed by atoms with Crippen molar-refractivity contribution in [2.75, 3.05) is 11.9 Å². The average Bonchev–Trinajstić information content (AvgIpc) is 3.16. The molecule has 154 valence electrons. The van der Waals surface area contributed by atoms with Gasteiger partial charge in [0.15, 0.2) is 17.7 Å². The molecule has 13 heteroatoms. The molecule has 28 heavy (non-hydrogen) atoms. The van der Waals surface area contributed by atoms with Crippen molar-refractivity contribution in [2.24, 2.45) is 5.73 Å². The van der Waals surface area contributed by atoms with Gasteiger partial charge in [-0.3, -0.25) is 4.79 Å². The molecule has 0 aliphatic carbocycles. The highest BCUT2D eigenvalue weighted by molar-refractivity contribution is 5.83. The summed E-state index contributed by atoms with van der Waals surface area (Å²) >= 11 is 0. The van der Waals surface area contributed by atoms with Crippen LogP contribution in [0.3, 0.4) is 0 Å². The third-order valence-electron chi connectivity index (χ3n) is 4.56. The minimum Gasteiger partial charge on any atom is -0.394 e. The molecule has 3 rings (SSSR count). The molecule has 13 nitrogen and oxygen atoms in total. The number of carbonyl (C=O) groups excluding carboxylic acids is 1. The fraction of sp³-hybridized carbons (Fsp3) is 0.600. The number of amides is 1. The molecule has 0 bridgehead atoms. The van der Waals surface area contributed by atoms with Gasteiger partial charge in [0.05, 0.1) is 25.1 Å². The minimum absolute atomic E-state index is 0.272.